The van der Waals surface area contributed by atoms with Crippen molar-refractivity contribution in [1.29, 1.82) is 5.41 Å². The number of hydrogen-bond donors (Lipinski definition) is 1. The van der Waals surface area contributed by atoms with Gasteiger partial charge in [0.05, 0.1) is 5.71 Å². The summed E-state index contributed by atoms with van der Waals surface area (Å²) in [4.78, 5) is 0. The maximum absolute atomic E-state index is 12.5. The predicted molar refractivity (Wildman–Crippen MR) is 39.9 cm³/mol. The third-order valence-corrected chi connectivity index (χ3v) is 1.19. The molecule has 0 heterocycles. The second kappa shape index (κ2) is 2.25. The van der Waals surface area contributed by atoms with Crippen molar-refractivity contribution in [2.75, 3.05) is 0 Å². The Bertz CT molecular complexity index is 260. The van der Waals surface area contributed by atoms with Crippen LogP contribution in [-0.2, 0) is 0 Å². The van der Waals surface area contributed by atoms with Crippen molar-refractivity contribution in [2.45, 2.75) is 0 Å². The van der Waals surface area contributed by atoms with Crippen LogP contribution in [0.3, 0.4) is 0 Å². The third-order valence-electron chi connectivity index (χ3n) is 1.19. The van der Waals surface area contributed by atoms with E-state index >= 15 is 0 Å². The highest BCUT2D eigenvalue weighted by Gasteiger charge is 2.10. The SMILES string of the molecule is [B]C1=CC(=C)C(=N)C(F)=C1. The van der Waals surface area contributed by atoms with E-state index in [2.05, 4.69) is 6.58 Å². The number of allylic oxidation sites excluding steroid dienone is 5. The fourth-order valence-electron chi connectivity index (χ4n) is 0.687. The van der Waals surface area contributed by atoms with Crippen LogP contribution in [0, 0.1) is 5.41 Å². The molecule has 48 valence electrons. The summed E-state index contributed by atoms with van der Waals surface area (Å²) in [6, 6.07) is 0. The molecule has 1 nitrogen and oxygen atoms in total. The van der Waals surface area contributed by atoms with E-state index < -0.39 is 5.83 Å². The molecule has 0 fully saturated rings. The zero-order valence-electron chi connectivity index (χ0n) is 5.32. The minimum atomic E-state index is -0.620. The van der Waals surface area contributed by atoms with Crippen molar-refractivity contribution >= 4 is 13.6 Å². The van der Waals surface area contributed by atoms with Crippen LogP contribution in [0.5, 0.6) is 0 Å². The fourth-order valence-corrected chi connectivity index (χ4v) is 0.687. The molecule has 1 N–H and O–H groups in total. The first-order valence-electron chi connectivity index (χ1n) is 2.74. The van der Waals surface area contributed by atoms with Gasteiger partial charge in [0, 0.05) is 0 Å². The van der Waals surface area contributed by atoms with E-state index in [9.17, 15) is 4.39 Å². The van der Waals surface area contributed by atoms with Crippen LogP contribution >= 0.6 is 0 Å². The highest BCUT2D eigenvalue weighted by molar-refractivity contribution is 6.27. The van der Waals surface area contributed by atoms with Crippen LogP contribution in [0.1, 0.15) is 0 Å². The zero-order chi connectivity index (χ0) is 7.72. The Labute approximate surface area is 59.9 Å². The van der Waals surface area contributed by atoms with Gasteiger partial charge < -0.3 is 0 Å². The molecule has 0 aromatic heterocycles. The first kappa shape index (κ1) is 7.00. The Balaban J connectivity index is 3.07. The van der Waals surface area contributed by atoms with Crippen LogP contribution in [0.4, 0.5) is 4.39 Å². The summed E-state index contributed by atoms with van der Waals surface area (Å²) in [6.07, 6.45) is 2.57. The summed E-state index contributed by atoms with van der Waals surface area (Å²) in [5.41, 5.74) is 0.435. The maximum Gasteiger partial charge on any atom is 0.148 e. The van der Waals surface area contributed by atoms with Crippen LogP contribution in [0.15, 0.2) is 35.6 Å². The summed E-state index contributed by atoms with van der Waals surface area (Å²) in [6.45, 7) is 3.43. The molecule has 0 spiro atoms. The van der Waals surface area contributed by atoms with Crippen LogP contribution < -0.4 is 0 Å². The topological polar surface area (TPSA) is 23.9 Å². The van der Waals surface area contributed by atoms with Gasteiger partial charge in [-0.25, -0.2) is 4.39 Å². The number of halogens is 1. The Hall–Kier alpha value is -1.12. The smallest absolute Gasteiger partial charge is 0.148 e. The molecule has 0 aromatic rings. The Morgan fingerprint density at radius 1 is 1.50 bits per heavy atom. The lowest BCUT2D eigenvalue weighted by Gasteiger charge is -2.07. The van der Waals surface area contributed by atoms with Crippen LogP contribution in [-0.4, -0.2) is 13.6 Å². The van der Waals surface area contributed by atoms with Crippen molar-refractivity contribution in [3.8, 4) is 0 Å². The van der Waals surface area contributed by atoms with Crippen molar-refractivity contribution in [3.63, 3.8) is 0 Å². The van der Waals surface area contributed by atoms with Gasteiger partial charge in [0.25, 0.3) is 0 Å². The molecule has 0 aliphatic heterocycles. The second-order valence-electron chi connectivity index (χ2n) is 2.04. The fraction of sp³-hybridized carbons (Fsp3) is 0. The molecule has 1 aliphatic carbocycles. The normalized spacial score (nSPS) is 18.5. The largest absolute Gasteiger partial charge is 0.297 e. The first-order chi connectivity index (χ1) is 4.61. The Morgan fingerprint density at radius 3 is 2.60 bits per heavy atom. The molecule has 0 aromatic carbocycles. The molecule has 0 bridgehead atoms. The number of nitrogens with one attached hydrogen (secondary N) is 1. The molecule has 0 saturated carbocycles. The van der Waals surface area contributed by atoms with Gasteiger partial charge in [-0.2, -0.15) is 0 Å². The second-order valence-corrected chi connectivity index (χ2v) is 2.04. The van der Waals surface area contributed by atoms with E-state index in [1.807, 2.05) is 0 Å². The molecule has 1 aliphatic rings. The van der Waals surface area contributed by atoms with Gasteiger partial charge >= 0.3 is 0 Å². The molecule has 0 unspecified atom stereocenters. The quantitative estimate of drug-likeness (QED) is 0.484. The average molecular weight is 133 g/mol. The molecular formula is C7H5BFN. The Kier molecular flexibility index (Phi) is 1.58. The minimum Gasteiger partial charge on any atom is -0.297 e. The van der Waals surface area contributed by atoms with E-state index in [0.717, 1.165) is 6.08 Å². The van der Waals surface area contributed by atoms with Gasteiger partial charge in [-0.05, 0) is 11.6 Å². The highest BCUT2D eigenvalue weighted by Crippen LogP contribution is 2.16. The van der Waals surface area contributed by atoms with Gasteiger partial charge in [-0.3, -0.25) is 5.41 Å². The molecule has 2 radical (unpaired) electrons. The molecule has 3 heteroatoms. The maximum atomic E-state index is 12.5. The van der Waals surface area contributed by atoms with E-state index in [4.69, 9.17) is 13.3 Å². The van der Waals surface area contributed by atoms with E-state index in [1.165, 1.54) is 6.08 Å². The summed E-state index contributed by atoms with van der Waals surface area (Å²) < 4.78 is 12.5. The summed E-state index contributed by atoms with van der Waals surface area (Å²) in [7, 11) is 5.26. The summed E-state index contributed by atoms with van der Waals surface area (Å²) in [5, 5.41) is 7.05. The molecule has 0 amide bonds. The lowest BCUT2D eigenvalue weighted by atomic mass is 9.88. The van der Waals surface area contributed by atoms with E-state index in [-0.39, 0.29) is 5.71 Å². The molecule has 0 saturated heterocycles. The van der Waals surface area contributed by atoms with E-state index in [1.54, 1.807) is 0 Å². The van der Waals surface area contributed by atoms with E-state index in [0.29, 0.717) is 11.0 Å². The molecular weight excluding hydrogens is 128 g/mol. The predicted octanol–water partition coefficient (Wildman–Crippen LogP) is 1.48. The number of hydrogen-bond acceptors (Lipinski definition) is 1. The van der Waals surface area contributed by atoms with Gasteiger partial charge in [-0.15, -0.1) is 0 Å². The van der Waals surface area contributed by atoms with Gasteiger partial charge in [-0.1, -0.05) is 18.1 Å². The first-order valence-corrected chi connectivity index (χ1v) is 2.74. The monoisotopic (exact) mass is 133 g/mol. The van der Waals surface area contributed by atoms with Gasteiger partial charge in [0.1, 0.15) is 13.7 Å². The van der Waals surface area contributed by atoms with Crippen molar-refractivity contribution in [2.24, 2.45) is 0 Å². The van der Waals surface area contributed by atoms with Crippen molar-refractivity contribution < 1.29 is 4.39 Å². The lowest BCUT2D eigenvalue weighted by molar-refractivity contribution is 0.679. The summed E-state index contributed by atoms with van der Waals surface area (Å²) in [5.74, 6) is -0.620. The molecule has 10 heavy (non-hydrogen) atoms. The third kappa shape index (κ3) is 1.08. The standard InChI is InChI=1S/C7H5BFN/c1-4-2-5(8)3-6(9)7(4)10/h2-3,10H,1H2. The van der Waals surface area contributed by atoms with Crippen molar-refractivity contribution in [1.82, 2.24) is 0 Å². The zero-order valence-corrected chi connectivity index (χ0v) is 5.32. The highest BCUT2D eigenvalue weighted by atomic mass is 19.1. The van der Waals surface area contributed by atoms with Gasteiger partial charge in [0.2, 0.25) is 0 Å². The molecule has 1 rings (SSSR count). The Morgan fingerprint density at radius 2 is 2.10 bits per heavy atom. The van der Waals surface area contributed by atoms with Crippen LogP contribution in [0.2, 0.25) is 0 Å². The van der Waals surface area contributed by atoms with Crippen molar-refractivity contribution in [3.05, 3.63) is 35.6 Å². The lowest BCUT2D eigenvalue weighted by Crippen LogP contribution is -2.04. The van der Waals surface area contributed by atoms with Crippen LogP contribution in [0.25, 0.3) is 0 Å². The molecule has 0 atom stereocenters. The number of rotatable bonds is 0. The average Bonchev–Trinajstić information content (AvgIpc) is 1.82. The van der Waals surface area contributed by atoms with Gasteiger partial charge in [0.15, 0.2) is 0 Å². The summed E-state index contributed by atoms with van der Waals surface area (Å²) >= 11 is 0. The minimum absolute atomic E-state index is 0.186.